The van der Waals surface area contributed by atoms with Gasteiger partial charge in [-0.15, -0.1) is 13.2 Å². The number of nitrogens with zero attached hydrogens (tertiary/aromatic N) is 2. The number of carbonyl (C=O) groups is 1. The van der Waals surface area contributed by atoms with Crippen LogP contribution in [-0.4, -0.2) is 34.1 Å². The molecule has 0 saturated carbocycles. The number of aryl methyl sites for hydroxylation is 2. The number of ether oxygens (including phenoxy) is 2. The van der Waals surface area contributed by atoms with Crippen molar-refractivity contribution in [2.75, 3.05) is 6.61 Å². The summed E-state index contributed by atoms with van der Waals surface area (Å²) in [5.41, 5.74) is 4.76. The standard InChI is InChI=1S/C25H22F3N3O4/c1-3-33-21(32)12-14-4-6-18-19-11-15(5-7-20(19)29-22(14)18)23-30-24(35-31-23)16-8-13(2)9-17(10-16)34-25(26,27)28/h5,7-11,14,29H,3-4,6,12H2,1-2H3. The van der Waals surface area contributed by atoms with Crippen molar-refractivity contribution in [2.24, 2.45) is 0 Å². The largest absolute Gasteiger partial charge is 0.573 e. The summed E-state index contributed by atoms with van der Waals surface area (Å²) in [5, 5.41) is 5.06. The second kappa shape index (κ2) is 8.75. The highest BCUT2D eigenvalue weighted by molar-refractivity contribution is 5.89. The Hall–Kier alpha value is -3.82. The predicted molar refractivity (Wildman–Crippen MR) is 121 cm³/mol. The Bertz CT molecular complexity index is 1410. The van der Waals surface area contributed by atoms with Crippen LogP contribution in [0.5, 0.6) is 5.75 Å². The van der Waals surface area contributed by atoms with Crippen molar-refractivity contribution in [3.63, 3.8) is 0 Å². The molecular formula is C25H22F3N3O4. The third kappa shape index (κ3) is 4.73. The molecule has 5 rings (SSSR count). The SMILES string of the molecule is CCOC(=O)CC1CCc2c1[nH]c1ccc(-c3noc(-c4cc(C)cc(OC(F)(F)F)c4)n3)cc21. The molecule has 0 saturated heterocycles. The van der Waals surface area contributed by atoms with Gasteiger partial charge in [0.25, 0.3) is 5.89 Å². The normalized spacial score (nSPS) is 15.4. The second-order valence-corrected chi connectivity index (χ2v) is 8.53. The molecule has 1 atom stereocenters. The van der Waals surface area contributed by atoms with Gasteiger partial charge in [0.15, 0.2) is 0 Å². The quantitative estimate of drug-likeness (QED) is 0.333. The van der Waals surface area contributed by atoms with E-state index in [4.69, 9.17) is 9.26 Å². The summed E-state index contributed by atoms with van der Waals surface area (Å²) < 4.78 is 52.5. The van der Waals surface area contributed by atoms with Crippen molar-refractivity contribution < 1.29 is 32.0 Å². The number of halogens is 3. The van der Waals surface area contributed by atoms with Crippen molar-refractivity contribution in [1.82, 2.24) is 15.1 Å². The van der Waals surface area contributed by atoms with Crippen molar-refractivity contribution in [3.8, 4) is 28.6 Å². The molecule has 182 valence electrons. The van der Waals surface area contributed by atoms with Crippen LogP contribution < -0.4 is 4.74 Å². The van der Waals surface area contributed by atoms with Crippen LogP contribution in [0.4, 0.5) is 13.2 Å². The summed E-state index contributed by atoms with van der Waals surface area (Å²) >= 11 is 0. The van der Waals surface area contributed by atoms with E-state index in [9.17, 15) is 18.0 Å². The van der Waals surface area contributed by atoms with E-state index in [-0.39, 0.29) is 23.5 Å². The first kappa shape index (κ1) is 22.9. The number of esters is 1. The monoisotopic (exact) mass is 485 g/mol. The molecule has 0 fully saturated rings. The number of H-pyrrole nitrogens is 1. The molecular weight excluding hydrogens is 463 g/mol. The van der Waals surface area contributed by atoms with Crippen molar-refractivity contribution >= 4 is 16.9 Å². The summed E-state index contributed by atoms with van der Waals surface area (Å²) in [5.74, 6) is -0.0636. The maximum atomic E-state index is 12.7. The number of fused-ring (bicyclic) bond motifs is 3. The maximum absolute atomic E-state index is 12.7. The molecule has 2 aromatic heterocycles. The van der Waals surface area contributed by atoms with Gasteiger partial charge in [-0.1, -0.05) is 5.16 Å². The van der Waals surface area contributed by atoms with Gasteiger partial charge in [0.05, 0.1) is 13.0 Å². The molecule has 0 aliphatic heterocycles. The van der Waals surface area contributed by atoms with Crippen LogP contribution in [-0.2, 0) is 16.0 Å². The van der Waals surface area contributed by atoms with E-state index < -0.39 is 6.36 Å². The lowest BCUT2D eigenvalue weighted by molar-refractivity contribution is -0.274. The van der Waals surface area contributed by atoms with Gasteiger partial charge in [0, 0.05) is 33.6 Å². The first-order valence-electron chi connectivity index (χ1n) is 11.2. The zero-order valence-corrected chi connectivity index (χ0v) is 19.0. The fraction of sp³-hybridized carbons (Fsp3) is 0.320. The number of alkyl halides is 3. The lowest BCUT2D eigenvalue weighted by Gasteiger charge is -2.10. The third-order valence-electron chi connectivity index (χ3n) is 6.02. The van der Waals surface area contributed by atoms with Crippen LogP contribution in [0, 0.1) is 6.92 Å². The number of aromatic nitrogens is 3. The van der Waals surface area contributed by atoms with Crippen molar-refractivity contribution in [1.29, 1.82) is 0 Å². The predicted octanol–water partition coefficient (Wildman–Crippen LogP) is 6.07. The van der Waals surface area contributed by atoms with Gasteiger partial charge >= 0.3 is 12.3 Å². The molecule has 1 unspecified atom stereocenters. The number of benzene rings is 2. The molecule has 0 bridgehead atoms. The fourth-order valence-electron chi connectivity index (χ4n) is 4.64. The topological polar surface area (TPSA) is 90.2 Å². The summed E-state index contributed by atoms with van der Waals surface area (Å²) in [6.07, 6.45) is -2.76. The van der Waals surface area contributed by atoms with Crippen molar-refractivity contribution in [2.45, 2.75) is 45.4 Å². The van der Waals surface area contributed by atoms with E-state index in [0.29, 0.717) is 35.5 Å². The molecule has 0 radical (unpaired) electrons. The number of aromatic amines is 1. The summed E-state index contributed by atoms with van der Waals surface area (Å²) in [4.78, 5) is 19.8. The highest BCUT2D eigenvalue weighted by atomic mass is 19.4. The van der Waals surface area contributed by atoms with Gasteiger partial charge in [-0.2, -0.15) is 4.98 Å². The van der Waals surface area contributed by atoms with Gasteiger partial charge in [0.2, 0.25) is 5.82 Å². The lowest BCUT2D eigenvalue weighted by Crippen LogP contribution is -2.17. The summed E-state index contributed by atoms with van der Waals surface area (Å²) in [6.45, 7) is 3.81. The first-order chi connectivity index (χ1) is 16.7. The molecule has 10 heteroatoms. The molecule has 1 aliphatic carbocycles. The number of hydrogen-bond acceptors (Lipinski definition) is 6. The van der Waals surface area contributed by atoms with Gasteiger partial charge in [-0.05, 0) is 74.2 Å². The number of nitrogens with one attached hydrogen (secondary N) is 1. The molecule has 35 heavy (non-hydrogen) atoms. The van der Waals surface area contributed by atoms with Crippen LogP contribution in [0.1, 0.15) is 42.5 Å². The maximum Gasteiger partial charge on any atom is 0.573 e. The van der Waals surface area contributed by atoms with Crippen LogP contribution >= 0.6 is 0 Å². The van der Waals surface area contributed by atoms with E-state index in [1.807, 2.05) is 18.2 Å². The Morgan fingerprint density at radius 2 is 2.03 bits per heavy atom. The minimum Gasteiger partial charge on any atom is -0.466 e. The molecule has 0 spiro atoms. The van der Waals surface area contributed by atoms with Gasteiger partial charge in [0.1, 0.15) is 5.75 Å². The van der Waals surface area contributed by atoms with Crippen LogP contribution in [0.2, 0.25) is 0 Å². The molecule has 4 aromatic rings. The first-order valence-corrected chi connectivity index (χ1v) is 11.2. The van der Waals surface area contributed by atoms with E-state index in [2.05, 4.69) is 19.9 Å². The number of rotatable bonds is 6. The average molecular weight is 485 g/mol. The molecule has 0 amide bonds. The highest BCUT2D eigenvalue weighted by Crippen LogP contribution is 2.40. The van der Waals surface area contributed by atoms with E-state index >= 15 is 0 Å². The Labute approximate surface area is 198 Å². The van der Waals surface area contributed by atoms with Crippen molar-refractivity contribution in [3.05, 3.63) is 53.2 Å². The fourth-order valence-corrected chi connectivity index (χ4v) is 4.64. The van der Waals surface area contributed by atoms with E-state index in [1.165, 1.54) is 12.1 Å². The molecule has 2 aromatic carbocycles. The van der Waals surface area contributed by atoms with Gasteiger partial charge < -0.3 is 19.0 Å². The molecule has 1 N–H and O–H groups in total. The Morgan fingerprint density at radius 3 is 2.80 bits per heavy atom. The van der Waals surface area contributed by atoms with Crippen LogP contribution in [0.25, 0.3) is 33.7 Å². The Morgan fingerprint density at radius 1 is 1.20 bits per heavy atom. The average Bonchev–Trinajstić information content (AvgIpc) is 3.48. The molecule has 7 nitrogen and oxygen atoms in total. The second-order valence-electron chi connectivity index (χ2n) is 8.53. The smallest absolute Gasteiger partial charge is 0.466 e. The highest BCUT2D eigenvalue weighted by Gasteiger charge is 2.32. The summed E-state index contributed by atoms with van der Waals surface area (Å²) in [7, 11) is 0. The third-order valence-corrected chi connectivity index (χ3v) is 6.02. The number of hydrogen-bond donors (Lipinski definition) is 1. The number of carbonyl (C=O) groups excluding carboxylic acids is 1. The minimum absolute atomic E-state index is 0.0876. The molecule has 2 heterocycles. The zero-order chi connectivity index (χ0) is 24.7. The lowest BCUT2D eigenvalue weighted by atomic mass is 10.0. The minimum atomic E-state index is -4.80. The molecule has 1 aliphatic rings. The van der Waals surface area contributed by atoms with Crippen LogP contribution in [0.15, 0.2) is 40.9 Å². The zero-order valence-electron chi connectivity index (χ0n) is 19.0. The Balaban J connectivity index is 1.43. The Kier molecular flexibility index (Phi) is 5.74. The van der Waals surface area contributed by atoms with Gasteiger partial charge in [-0.25, -0.2) is 0 Å². The van der Waals surface area contributed by atoms with E-state index in [0.717, 1.165) is 35.0 Å². The summed E-state index contributed by atoms with van der Waals surface area (Å²) in [6, 6.07) is 9.86. The van der Waals surface area contributed by atoms with E-state index in [1.54, 1.807) is 19.9 Å². The van der Waals surface area contributed by atoms with Crippen LogP contribution in [0.3, 0.4) is 0 Å². The van der Waals surface area contributed by atoms with Gasteiger partial charge in [-0.3, -0.25) is 4.79 Å².